The minimum absolute atomic E-state index is 0.0474. The fraction of sp³-hybridized carbons (Fsp3) is 0.455. The van der Waals surface area contributed by atoms with E-state index in [1.54, 1.807) is 38.0 Å². The largest absolute Gasteiger partial charge is 0.493 e. The standard InChI is InChI=1S/C22H32N4O3/c1-23-22(24-13-6-8-15-26-14-7-5-9-21(26)27)25(2)16-12-18-10-11-19(28-3)20(17-18)29-4/h5,7,9-11,14,17H,6,8,12-13,15-16H2,1-4H3,(H,23,24). The number of nitrogens with one attached hydrogen (secondary N) is 1. The van der Waals surface area contributed by atoms with Gasteiger partial charge in [0.2, 0.25) is 5.56 Å². The first-order chi connectivity index (χ1) is 14.1. The molecule has 0 radical (unpaired) electrons. The summed E-state index contributed by atoms with van der Waals surface area (Å²) in [6, 6.07) is 11.2. The van der Waals surface area contributed by atoms with Crippen LogP contribution in [0, 0.1) is 0 Å². The molecule has 7 heteroatoms. The van der Waals surface area contributed by atoms with Crippen molar-refractivity contribution in [2.24, 2.45) is 4.99 Å². The molecule has 0 spiro atoms. The van der Waals surface area contributed by atoms with Crippen molar-refractivity contribution >= 4 is 5.96 Å². The number of nitrogens with zero attached hydrogens (tertiary/aromatic N) is 3. The minimum Gasteiger partial charge on any atom is -0.493 e. The van der Waals surface area contributed by atoms with Gasteiger partial charge in [0.1, 0.15) is 0 Å². The zero-order valence-corrected chi connectivity index (χ0v) is 17.9. The molecule has 0 fully saturated rings. The Morgan fingerprint density at radius 2 is 1.93 bits per heavy atom. The second-order valence-corrected chi connectivity index (χ2v) is 6.77. The number of benzene rings is 1. The van der Waals surface area contributed by atoms with Crippen LogP contribution in [-0.4, -0.2) is 56.8 Å². The van der Waals surface area contributed by atoms with Gasteiger partial charge in [0.15, 0.2) is 17.5 Å². The van der Waals surface area contributed by atoms with E-state index in [0.717, 1.165) is 56.4 Å². The van der Waals surface area contributed by atoms with Crippen LogP contribution in [0.5, 0.6) is 11.5 Å². The minimum atomic E-state index is 0.0474. The summed E-state index contributed by atoms with van der Waals surface area (Å²) >= 11 is 0. The van der Waals surface area contributed by atoms with Crippen molar-refractivity contribution in [1.29, 1.82) is 0 Å². The fourth-order valence-electron chi connectivity index (χ4n) is 3.08. The lowest BCUT2D eigenvalue weighted by Gasteiger charge is -2.22. The third kappa shape index (κ3) is 6.85. The van der Waals surface area contributed by atoms with Gasteiger partial charge in [0.25, 0.3) is 0 Å². The molecule has 29 heavy (non-hydrogen) atoms. The van der Waals surface area contributed by atoms with Crippen molar-refractivity contribution in [1.82, 2.24) is 14.8 Å². The maximum atomic E-state index is 11.7. The van der Waals surface area contributed by atoms with E-state index in [9.17, 15) is 4.79 Å². The Morgan fingerprint density at radius 3 is 2.62 bits per heavy atom. The van der Waals surface area contributed by atoms with Crippen LogP contribution in [-0.2, 0) is 13.0 Å². The van der Waals surface area contributed by atoms with Crippen LogP contribution in [0.15, 0.2) is 52.4 Å². The molecule has 1 aromatic heterocycles. The average Bonchev–Trinajstić information content (AvgIpc) is 2.75. The number of pyridine rings is 1. The summed E-state index contributed by atoms with van der Waals surface area (Å²) in [7, 11) is 7.10. The molecule has 0 aliphatic heterocycles. The van der Waals surface area contributed by atoms with Gasteiger partial charge in [-0.2, -0.15) is 0 Å². The van der Waals surface area contributed by atoms with E-state index in [4.69, 9.17) is 9.47 Å². The van der Waals surface area contributed by atoms with Gasteiger partial charge < -0.3 is 24.3 Å². The van der Waals surface area contributed by atoms with Crippen LogP contribution in [0.25, 0.3) is 0 Å². The molecule has 0 amide bonds. The Balaban J connectivity index is 1.75. The van der Waals surface area contributed by atoms with E-state index in [1.165, 1.54) is 5.56 Å². The molecule has 0 aliphatic carbocycles. The maximum absolute atomic E-state index is 11.7. The SMILES string of the molecule is CN=C(NCCCCn1ccccc1=O)N(C)CCc1ccc(OC)c(OC)c1. The van der Waals surface area contributed by atoms with Gasteiger partial charge >= 0.3 is 0 Å². The molecule has 1 aromatic carbocycles. The highest BCUT2D eigenvalue weighted by molar-refractivity contribution is 5.79. The number of likely N-dealkylation sites (N-methyl/N-ethyl adjacent to an activating group) is 1. The van der Waals surface area contributed by atoms with Gasteiger partial charge in [-0.1, -0.05) is 12.1 Å². The van der Waals surface area contributed by atoms with Crippen LogP contribution in [0.3, 0.4) is 0 Å². The molecule has 0 saturated heterocycles. The van der Waals surface area contributed by atoms with Gasteiger partial charge in [0.05, 0.1) is 14.2 Å². The Bertz CT molecular complexity index is 848. The first-order valence-corrected chi connectivity index (χ1v) is 9.87. The molecule has 1 N–H and O–H groups in total. The quantitative estimate of drug-likeness (QED) is 0.377. The number of hydrogen-bond donors (Lipinski definition) is 1. The summed E-state index contributed by atoms with van der Waals surface area (Å²) in [5, 5.41) is 3.39. The number of methoxy groups -OCH3 is 2. The predicted octanol–water partition coefficient (Wildman–Crippen LogP) is 2.40. The molecule has 7 nitrogen and oxygen atoms in total. The number of hydrogen-bond acceptors (Lipinski definition) is 4. The monoisotopic (exact) mass is 400 g/mol. The third-order valence-corrected chi connectivity index (χ3v) is 4.77. The molecular weight excluding hydrogens is 368 g/mol. The zero-order chi connectivity index (χ0) is 21.1. The molecule has 158 valence electrons. The van der Waals surface area contributed by atoms with Crippen molar-refractivity contribution in [3.63, 3.8) is 0 Å². The molecule has 2 rings (SSSR count). The van der Waals surface area contributed by atoms with Crippen LogP contribution in [0.1, 0.15) is 18.4 Å². The normalized spacial score (nSPS) is 11.2. The highest BCUT2D eigenvalue weighted by Crippen LogP contribution is 2.27. The van der Waals surface area contributed by atoms with E-state index in [0.29, 0.717) is 0 Å². The van der Waals surface area contributed by atoms with Gasteiger partial charge in [-0.25, -0.2) is 0 Å². The number of aryl methyl sites for hydroxylation is 1. The van der Waals surface area contributed by atoms with E-state index in [1.807, 2.05) is 31.4 Å². The number of guanidine groups is 1. The van der Waals surface area contributed by atoms with Gasteiger partial charge in [-0.15, -0.1) is 0 Å². The summed E-state index contributed by atoms with van der Waals surface area (Å²) in [6.07, 6.45) is 4.60. The fourth-order valence-corrected chi connectivity index (χ4v) is 3.08. The van der Waals surface area contributed by atoms with Crippen LogP contribution >= 0.6 is 0 Å². The second-order valence-electron chi connectivity index (χ2n) is 6.77. The smallest absolute Gasteiger partial charge is 0.250 e. The molecule has 0 unspecified atom stereocenters. The number of rotatable bonds is 10. The molecule has 2 aromatic rings. The number of aliphatic imine (C=N–C) groups is 1. The Kier molecular flexibility index (Phi) is 9.08. The van der Waals surface area contributed by atoms with E-state index in [2.05, 4.69) is 21.3 Å². The summed E-state index contributed by atoms with van der Waals surface area (Å²) < 4.78 is 12.4. The molecule has 0 bridgehead atoms. The van der Waals surface area contributed by atoms with Crippen molar-refractivity contribution in [3.05, 3.63) is 58.5 Å². The molecule has 0 saturated carbocycles. The van der Waals surface area contributed by atoms with Crippen molar-refractivity contribution in [2.45, 2.75) is 25.8 Å². The Labute approximate surface area is 173 Å². The lowest BCUT2D eigenvalue weighted by molar-refractivity contribution is 0.354. The third-order valence-electron chi connectivity index (χ3n) is 4.77. The first-order valence-electron chi connectivity index (χ1n) is 9.87. The summed E-state index contributed by atoms with van der Waals surface area (Å²) in [4.78, 5) is 18.2. The predicted molar refractivity (Wildman–Crippen MR) is 117 cm³/mol. The lowest BCUT2D eigenvalue weighted by Crippen LogP contribution is -2.40. The van der Waals surface area contributed by atoms with E-state index < -0.39 is 0 Å². The molecule has 0 aliphatic rings. The van der Waals surface area contributed by atoms with Crippen molar-refractivity contribution in [3.8, 4) is 11.5 Å². The van der Waals surface area contributed by atoms with Gasteiger partial charge in [0, 0.05) is 46.0 Å². The van der Waals surface area contributed by atoms with Crippen molar-refractivity contribution < 1.29 is 9.47 Å². The summed E-state index contributed by atoms with van der Waals surface area (Å²) in [6.45, 7) is 2.37. The highest BCUT2D eigenvalue weighted by Gasteiger charge is 2.08. The number of ether oxygens (including phenoxy) is 2. The van der Waals surface area contributed by atoms with Gasteiger partial charge in [-0.3, -0.25) is 9.79 Å². The second kappa shape index (κ2) is 11.8. The van der Waals surface area contributed by atoms with Crippen LogP contribution in [0.2, 0.25) is 0 Å². The van der Waals surface area contributed by atoms with Crippen molar-refractivity contribution in [2.75, 3.05) is 41.4 Å². The number of unbranched alkanes of at least 4 members (excludes halogenated alkanes) is 1. The summed E-state index contributed by atoms with van der Waals surface area (Å²) in [5.41, 5.74) is 1.23. The first kappa shape index (κ1) is 22.3. The van der Waals surface area contributed by atoms with Gasteiger partial charge in [-0.05, 0) is 43.0 Å². The Morgan fingerprint density at radius 1 is 1.14 bits per heavy atom. The highest BCUT2D eigenvalue weighted by atomic mass is 16.5. The average molecular weight is 401 g/mol. The van der Waals surface area contributed by atoms with Crippen LogP contribution < -0.4 is 20.3 Å². The lowest BCUT2D eigenvalue weighted by atomic mass is 10.1. The Hall–Kier alpha value is -2.96. The molecule has 1 heterocycles. The topological polar surface area (TPSA) is 68.1 Å². The summed E-state index contributed by atoms with van der Waals surface area (Å²) in [5.74, 6) is 2.34. The molecule has 0 atom stereocenters. The molecular formula is C22H32N4O3. The maximum Gasteiger partial charge on any atom is 0.250 e. The van der Waals surface area contributed by atoms with E-state index >= 15 is 0 Å². The van der Waals surface area contributed by atoms with Crippen LogP contribution in [0.4, 0.5) is 0 Å². The number of aromatic nitrogens is 1. The zero-order valence-electron chi connectivity index (χ0n) is 17.9. The van der Waals surface area contributed by atoms with E-state index in [-0.39, 0.29) is 5.56 Å².